The molecule has 0 spiro atoms. The molecule has 48 heavy (non-hydrogen) atoms. The smallest absolute Gasteiger partial charge is 0.337 e. The van der Waals surface area contributed by atoms with Crippen LogP contribution in [0, 0.1) is 17.8 Å². The highest BCUT2D eigenvalue weighted by atomic mass is 16.6. The maximum atomic E-state index is 14.0. The molecule has 2 aromatic rings. The molecule has 11 nitrogen and oxygen atoms in total. The Morgan fingerprint density at radius 1 is 0.917 bits per heavy atom. The molecule has 1 saturated carbocycles. The number of aliphatic hydroxyl groups excluding tert-OH is 1. The van der Waals surface area contributed by atoms with Gasteiger partial charge in [-0.05, 0) is 54.9 Å². The molecule has 0 aromatic heterocycles. The van der Waals surface area contributed by atoms with Crippen molar-refractivity contribution in [3.63, 3.8) is 0 Å². The first kappa shape index (κ1) is 38.5. The number of ether oxygens (including phenoxy) is 2. The van der Waals surface area contributed by atoms with E-state index in [0.29, 0.717) is 6.42 Å². The van der Waals surface area contributed by atoms with Crippen LogP contribution >= 0.6 is 0 Å². The summed E-state index contributed by atoms with van der Waals surface area (Å²) in [7, 11) is 2.71. The van der Waals surface area contributed by atoms with E-state index in [1.54, 1.807) is 27.7 Å². The Kier molecular flexibility index (Phi) is 14.8. The fourth-order valence-electron chi connectivity index (χ4n) is 6.30. The van der Waals surface area contributed by atoms with Gasteiger partial charge in [0.05, 0.1) is 25.2 Å². The van der Waals surface area contributed by atoms with Crippen molar-refractivity contribution >= 4 is 40.4 Å². The molecular weight excluding hydrogens is 614 g/mol. The van der Waals surface area contributed by atoms with Crippen molar-refractivity contribution in [2.45, 2.75) is 103 Å². The number of hydrogen-bond donors (Lipinski definition) is 3. The monoisotopic (exact) mass is 667 g/mol. The number of methoxy groups -OCH3 is 1. The molecule has 3 rings (SSSR count). The van der Waals surface area contributed by atoms with Gasteiger partial charge in [0.15, 0.2) is 6.10 Å². The van der Waals surface area contributed by atoms with Crippen LogP contribution in [0.2, 0.25) is 0 Å². The third kappa shape index (κ3) is 11.3. The molecule has 264 valence electrons. The van der Waals surface area contributed by atoms with Gasteiger partial charge in [-0.25, -0.2) is 4.79 Å². The van der Waals surface area contributed by atoms with E-state index in [4.69, 9.17) is 9.47 Å². The van der Waals surface area contributed by atoms with Crippen LogP contribution in [0.3, 0.4) is 0 Å². The maximum Gasteiger partial charge on any atom is 0.337 e. The van der Waals surface area contributed by atoms with Gasteiger partial charge in [0.25, 0.3) is 0 Å². The van der Waals surface area contributed by atoms with E-state index in [1.165, 1.54) is 19.1 Å². The summed E-state index contributed by atoms with van der Waals surface area (Å²) in [4.78, 5) is 66.9. The molecule has 1 unspecified atom stereocenters. The molecule has 0 saturated heterocycles. The molecule has 1 aliphatic rings. The molecule has 1 fully saturated rings. The lowest BCUT2D eigenvalue weighted by Crippen LogP contribution is -2.57. The summed E-state index contributed by atoms with van der Waals surface area (Å²) in [5, 5.41) is 18.7. The number of benzene rings is 2. The highest BCUT2D eigenvalue weighted by Crippen LogP contribution is 2.29. The van der Waals surface area contributed by atoms with Gasteiger partial charge in [0, 0.05) is 13.5 Å². The lowest BCUT2D eigenvalue weighted by atomic mass is 9.83. The summed E-state index contributed by atoms with van der Waals surface area (Å²) in [6, 6.07) is 11.6. The third-order valence-corrected chi connectivity index (χ3v) is 9.02. The van der Waals surface area contributed by atoms with Crippen molar-refractivity contribution in [2.24, 2.45) is 17.8 Å². The van der Waals surface area contributed by atoms with Crippen LogP contribution in [-0.2, 0) is 39.9 Å². The molecule has 3 N–H and O–H groups in total. The van der Waals surface area contributed by atoms with Gasteiger partial charge in [-0.3, -0.25) is 19.2 Å². The van der Waals surface area contributed by atoms with Crippen LogP contribution in [0.5, 0.6) is 0 Å². The van der Waals surface area contributed by atoms with E-state index in [2.05, 4.69) is 10.6 Å². The Morgan fingerprint density at radius 3 is 2.23 bits per heavy atom. The molecule has 1 aliphatic carbocycles. The number of nitrogens with one attached hydrogen (secondary N) is 2. The zero-order valence-corrected chi connectivity index (χ0v) is 29.2. The van der Waals surface area contributed by atoms with Gasteiger partial charge >= 0.3 is 11.9 Å². The minimum Gasteiger partial charge on any atom is -0.468 e. The van der Waals surface area contributed by atoms with Crippen molar-refractivity contribution in [3.8, 4) is 0 Å². The highest BCUT2D eigenvalue weighted by molar-refractivity contribution is 5.93. The van der Waals surface area contributed by atoms with Gasteiger partial charge in [0.1, 0.15) is 12.6 Å². The van der Waals surface area contributed by atoms with Crippen molar-refractivity contribution in [1.29, 1.82) is 0 Å². The number of likely N-dealkylation sites (N-methyl/N-ethyl adjacent to an activating group) is 1. The molecule has 0 radical (unpaired) electrons. The lowest BCUT2D eigenvalue weighted by molar-refractivity contribution is -0.159. The predicted octanol–water partition coefficient (Wildman–Crippen LogP) is 3.93. The van der Waals surface area contributed by atoms with E-state index in [9.17, 15) is 29.1 Å². The number of fused-ring (bicyclic) bond motifs is 1. The predicted molar refractivity (Wildman–Crippen MR) is 183 cm³/mol. The average molecular weight is 668 g/mol. The zero-order chi connectivity index (χ0) is 35.4. The van der Waals surface area contributed by atoms with Gasteiger partial charge in [0.2, 0.25) is 17.7 Å². The molecule has 2 aromatic carbocycles. The quantitative estimate of drug-likeness (QED) is 0.228. The Hall–Kier alpha value is -3.99. The summed E-state index contributed by atoms with van der Waals surface area (Å²) in [6.07, 6.45) is 3.52. The van der Waals surface area contributed by atoms with Crippen molar-refractivity contribution in [2.75, 3.05) is 20.7 Å². The lowest BCUT2D eigenvalue weighted by Gasteiger charge is -2.32. The molecule has 3 amide bonds. The summed E-state index contributed by atoms with van der Waals surface area (Å²) in [6.45, 7) is 6.70. The van der Waals surface area contributed by atoms with Gasteiger partial charge in [-0.1, -0.05) is 88.4 Å². The average Bonchev–Trinajstić information content (AvgIpc) is 3.05. The summed E-state index contributed by atoms with van der Waals surface area (Å²) >= 11 is 0. The first-order valence-corrected chi connectivity index (χ1v) is 17.1. The third-order valence-electron chi connectivity index (χ3n) is 9.02. The molecule has 11 heteroatoms. The number of aliphatic hydroxyl groups is 1. The Morgan fingerprint density at radius 2 is 1.58 bits per heavy atom. The van der Waals surface area contributed by atoms with Crippen LogP contribution in [0.4, 0.5) is 0 Å². The molecule has 4 atom stereocenters. The van der Waals surface area contributed by atoms with Crippen LogP contribution in [0.15, 0.2) is 42.5 Å². The number of esters is 2. The topological polar surface area (TPSA) is 151 Å². The number of nitrogens with zero attached hydrogens (tertiary/aromatic N) is 1. The first-order chi connectivity index (χ1) is 22.8. The Balaban J connectivity index is 1.85. The van der Waals surface area contributed by atoms with E-state index in [0.717, 1.165) is 48.4 Å². The second-order valence-electron chi connectivity index (χ2n) is 13.6. The van der Waals surface area contributed by atoms with Gasteiger partial charge < -0.3 is 30.1 Å². The summed E-state index contributed by atoms with van der Waals surface area (Å²) in [5.41, 5.74) is 0.863. The fourth-order valence-corrected chi connectivity index (χ4v) is 6.30. The standard InChI is InChI=1S/C37H53N3O8/c1-23(2)33(36(45)38-30(19-25-13-8-7-9-14-25)34(43)37(46)48-24(3)4)39-35(44)28(21-31(41)40(5)22-32(42)47-6)20-27-17-12-16-26-15-10-11-18-29(26)27/h10-12,15-18,23-25,28,30,33-34,43H,7-9,13-14,19-22H2,1-6H3,(H,38,45)(H,39,44)/t28?,30-,33-,34+/m0/s1. The number of carbonyl (C=O) groups excluding carboxylic acids is 5. The maximum absolute atomic E-state index is 14.0. The number of carbonyl (C=O) groups is 5. The van der Waals surface area contributed by atoms with Crippen molar-refractivity contribution in [3.05, 3.63) is 48.0 Å². The van der Waals surface area contributed by atoms with E-state index < -0.39 is 59.9 Å². The Labute approximate surface area is 284 Å². The largest absolute Gasteiger partial charge is 0.468 e. The van der Waals surface area contributed by atoms with Crippen LogP contribution < -0.4 is 10.6 Å². The Bertz CT molecular complexity index is 1400. The first-order valence-electron chi connectivity index (χ1n) is 17.1. The van der Waals surface area contributed by atoms with Gasteiger partial charge in [-0.2, -0.15) is 0 Å². The number of amides is 3. The SMILES string of the molecule is COC(=O)CN(C)C(=O)CC(Cc1cccc2ccccc12)C(=O)N[C@H](C(=O)N[C@@H](CC1CCCCC1)[C@@H](O)C(=O)OC(C)C)C(C)C. The van der Waals surface area contributed by atoms with E-state index in [-0.39, 0.29) is 31.2 Å². The van der Waals surface area contributed by atoms with Crippen LogP contribution in [0.25, 0.3) is 10.8 Å². The second-order valence-corrected chi connectivity index (χ2v) is 13.6. The van der Waals surface area contributed by atoms with Crippen LogP contribution in [0.1, 0.15) is 78.2 Å². The normalized spacial score (nSPS) is 16.1. The molecular formula is C37H53N3O8. The minimum atomic E-state index is -1.57. The summed E-state index contributed by atoms with van der Waals surface area (Å²) < 4.78 is 9.97. The van der Waals surface area contributed by atoms with Gasteiger partial charge in [-0.15, -0.1) is 0 Å². The summed E-state index contributed by atoms with van der Waals surface area (Å²) in [5.74, 6) is -3.85. The van der Waals surface area contributed by atoms with Crippen LogP contribution in [-0.4, -0.2) is 84.7 Å². The molecule has 0 heterocycles. The van der Waals surface area contributed by atoms with Crippen molar-refractivity contribution < 1.29 is 38.6 Å². The molecule has 0 bridgehead atoms. The zero-order valence-electron chi connectivity index (χ0n) is 29.2. The second kappa shape index (κ2) is 18.5. The molecule has 0 aliphatic heterocycles. The minimum absolute atomic E-state index is 0.209. The van der Waals surface area contributed by atoms with E-state index >= 15 is 0 Å². The number of hydrogen-bond acceptors (Lipinski definition) is 8. The number of rotatable bonds is 16. The van der Waals surface area contributed by atoms with Crippen molar-refractivity contribution in [1.82, 2.24) is 15.5 Å². The van der Waals surface area contributed by atoms with E-state index in [1.807, 2.05) is 42.5 Å². The fraction of sp³-hybridized carbons (Fsp3) is 0.595. The highest BCUT2D eigenvalue weighted by Gasteiger charge is 2.36.